The maximum absolute atomic E-state index is 13.7. The van der Waals surface area contributed by atoms with Crippen LogP contribution in [0.3, 0.4) is 0 Å². The highest BCUT2D eigenvalue weighted by Crippen LogP contribution is 2.44. The lowest BCUT2D eigenvalue weighted by Crippen LogP contribution is -2.47. The molecule has 0 saturated carbocycles. The van der Waals surface area contributed by atoms with Crippen molar-refractivity contribution in [2.75, 3.05) is 31.8 Å². The SMILES string of the molecule is COCCN1C(=O)c2ccccc2[C@H](C(=O)Nc2cccc(SC)c2)[C@H]1c1cccs1. The Hall–Kier alpha value is -2.61. The number of rotatable bonds is 7. The molecule has 1 aromatic heterocycles. The number of carbonyl (C=O) groups excluding carboxylic acids is 2. The van der Waals surface area contributed by atoms with Gasteiger partial charge in [-0.05, 0) is 47.5 Å². The number of methoxy groups -OCH3 is 1. The van der Waals surface area contributed by atoms with Crippen molar-refractivity contribution in [1.82, 2.24) is 4.90 Å². The zero-order valence-corrected chi connectivity index (χ0v) is 19.0. The van der Waals surface area contributed by atoms with Crippen LogP contribution in [0.25, 0.3) is 0 Å². The first-order valence-corrected chi connectivity index (χ1v) is 12.1. The van der Waals surface area contributed by atoms with Gasteiger partial charge in [-0.25, -0.2) is 0 Å². The molecule has 2 heterocycles. The van der Waals surface area contributed by atoms with Crippen LogP contribution in [0.1, 0.15) is 32.8 Å². The number of thiophene rings is 1. The van der Waals surface area contributed by atoms with Crippen LogP contribution < -0.4 is 5.32 Å². The van der Waals surface area contributed by atoms with Crippen molar-refractivity contribution in [2.45, 2.75) is 16.9 Å². The van der Waals surface area contributed by atoms with Gasteiger partial charge in [0.25, 0.3) is 5.91 Å². The number of anilines is 1. The van der Waals surface area contributed by atoms with Gasteiger partial charge in [0, 0.05) is 34.7 Å². The molecule has 1 aliphatic heterocycles. The van der Waals surface area contributed by atoms with E-state index in [1.807, 2.05) is 66.2 Å². The number of nitrogens with zero attached hydrogens (tertiary/aromatic N) is 1. The lowest BCUT2D eigenvalue weighted by Gasteiger charge is -2.41. The summed E-state index contributed by atoms with van der Waals surface area (Å²) in [4.78, 5) is 30.9. The number of benzene rings is 2. The lowest BCUT2D eigenvalue weighted by atomic mass is 9.81. The molecule has 1 N–H and O–H groups in total. The number of amides is 2. The van der Waals surface area contributed by atoms with E-state index in [2.05, 4.69) is 5.32 Å². The summed E-state index contributed by atoms with van der Waals surface area (Å²) in [5.74, 6) is -0.721. The molecular formula is C24H24N2O3S2. The molecule has 5 nitrogen and oxygen atoms in total. The van der Waals surface area contributed by atoms with Crippen LogP contribution >= 0.6 is 23.1 Å². The summed E-state index contributed by atoms with van der Waals surface area (Å²) in [5, 5.41) is 5.07. The van der Waals surface area contributed by atoms with Crippen molar-refractivity contribution in [2.24, 2.45) is 0 Å². The van der Waals surface area contributed by atoms with E-state index in [0.717, 1.165) is 21.0 Å². The van der Waals surface area contributed by atoms with Gasteiger partial charge < -0.3 is 15.0 Å². The summed E-state index contributed by atoms with van der Waals surface area (Å²) in [6, 6.07) is 18.8. The van der Waals surface area contributed by atoms with Gasteiger partial charge in [0.05, 0.1) is 18.6 Å². The van der Waals surface area contributed by atoms with Gasteiger partial charge in [0.2, 0.25) is 5.91 Å². The highest BCUT2D eigenvalue weighted by molar-refractivity contribution is 7.98. The Labute approximate surface area is 190 Å². The summed E-state index contributed by atoms with van der Waals surface area (Å²) in [5.41, 5.74) is 2.09. The molecule has 2 atom stereocenters. The van der Waals surface area contributed by atoms with E-state index in [-0.39, 0.29) is 17.9 Å². The van der Waals surface area contributed by atoms with Gasteiger partial charge in [-0.15, -0.1) is 23.1 Å². The van der Waals surface area contributed by atoms with Gasteiger partial charge in [0.1, 0.15) is 0 Å². The second-order valence-corrected chi connectivity index (χ2v) is 9.10. The molecular weight excluding hydrogens is 428 g/mol. The van der Waals surface area contributed by atoms with E-state index in [4.69, 9.17) is 4.74 Å². The van der Waals surface area contributed by atoms with Crippen molar-refractivity contribution in [3.05, 3.63) is 82.0 Å². The molecule has 0 radical (unpaired) electrons. The maximum atomic E-state index is 13.7. The smallest absolute Gasteiger partial charge is 0.254 e. The number of hydrogen-bond acceptors (Lipinski definition) is 5. The number of hydrogen-bond donors (Lipinski definition) is 1. The lowest BCUT2D eigenvalue weighted by molar-refractivity contribution is -0.119. The molecule has 2 amide bonds. The summed E-state index contributed by atoms with van der Waals surface area (Å²) in [6.07, 6.45) is 2.00. The van der Waals surface area contributed by atoms with Crippen LogP contribution in [-0.2, 0) is 9.53 Å². The third-order valence-electron chi connectivity index (χ3n) is 5.43. The molecule has 0 aliphatic carbocycles. The molecule has 4 rings (SSSR count). The Balaban J connectivity index is 1.78. The molecule has 2 aromatic carbocycles. The number of nitrogens with one attached hydrogen (secondary N) is 1. The van der Waals surface area contributed by atoms with Gasteiger partial charge in [0.15, 0.2) is 0 Å². The van der Waals surface area contributed by atoms with Gasteiger partial charge in [-0.2, -0.15) is 0 Å². The van der Waals surface area contributed by atoms with Gasteiger partial charge >= 0.3 is 0 Å². The molecule has 7 heteroatoms. The average Bonchev–Trinajstić information content (AvgIpc) is 3.33. The van der Waals surface area contributed by atoms with Crippen LogP contribution in [0, 0.1) is 0 Å². The topological polar surface area (TPSA) is 58.6 Å². The largest absolute Gasteiger partial charge is 0.383 e. The van der Waals surface area contributed by atoms with Crippen LogP contribution in [0.15, 0.2) is 70.9 Å². The highest BCUT2D eigenvalue weighted by Gasteiger charge is 2.44. The first kappa shape index (κ1) is 21.6. The fraction of sp³-hybridized carbons (Fsp3) is 0.250. The van der Waals surface area contributed by atoms with E-state index in [1.165, 1.54) is 0 Å². The molecule has 160 valence electrons. The standard InChI is InChI=1S/C24H24N2O3S2/c1-29-13-12-26-22(20-11-6-14-31-20)21(18-9-3-4-10-19(18)24(26)28)23(27)25-16-7-5-8-17(15-16)30-2/h3-11,14-15,21-22H,12-13H2,1-2H3,(H,25,27)/t21-,22+/m0/s1. The van der Waals surface area contributed by atoms with Crippen LogP contribution in [0.2, 0.25) is 0 Å². The van der Waals surface area contributed by atoms with Crippen molar-refractivity contribution in [3.8, 4) is 0 Å². The van der Waals surface area contributed by atoms with E-state index in [1.54, 1.807) is 41.2 Å². The second-order valence-electron chi connectivity index (χ2n) is 7.24. The molecule has 0 saturated heterocycles. The van der Waals surface area contributed by atoms with E-state index >= 15 is 0 Å². The van der Waals surface area contributed by atoms with Crippen molar-refractivity contribution >= 4 is 40.6 Å². The average molecular weight is 453 g/mol. The Bertz CT molecular complexity index is 1070. The Morgan fingerprint density at radius 2 is 2.00 bits per heavy atom. The van der Waals surface area contributed by atoms with Crippen molar-refractivity contribution < 1.29 is 14.3 Å². The Morgan fingerprint density at radius 3 is 2.74 bits per heavy atom. The van der Waals surface area contributed by atoms with Gasteiger partial charge in [-0.1, -0.05) is 30.3 Å². The van der Waals surface area contributed by atoms with Crippen molar-refractivity contribution in [3.63, 3.8) is 0 Å². The zero-order chi connectivity index (χ0) is 21.8. The zero-order valence-electron chi connectivity index (χ0n) is 17.4. The first-order valence-electron chi connectivity index (χ1n) is 10.0. The van der Waals surface area contributed by atoms with E-state index in [9.17, 15) is 9.59 Å². The summed E-state index contributed by atoms with van der Waals surface area (Å²) in [7, 11) is 1.62. The number of ether oxygens (including phenoxy) is 1. The molecule has 0 unspecified atom stereocenters. The minimum atomic E-state index is -0.526. The Morgan fingerprint density at radius 1 is 1.16 bits per heavy atom. The van der Waals surface area contributed by atoms with Crippen LogP contribution in [-0.4, -0.2) is 43.2 Å². The molecule has 0 bridgehead atoms. The fourth-order valence-electron chi connectivity index (χ4n) is 4.01. The Kier molecular flexibility index (Phi) is 6.75. The monoisotopic (exact) mass is 452 g/mol. The number of carbonyl (C=O) groups is 2. The molecule has 0 spiro atoms. The second kappa shape index (κ2) is 9.68. The molecule has 1 aliphatic rings. The first-order chi connectivity index (χ1) is 15.1. The quantitative estimate of drug-likeness (QED) is 0.511. The highest BCUT2D eigenvalue weighted by atomic mass is 32.2. The molecule has 0 fully saturated rings. The third-order valence-corrected chi connectivity index (χ3v) is 7.10. The van der Waals surface area contributed by atoms with Crippen LogP contribution in [0.5, 0.6) is 0 Å². The normalized spacial score (nSPS) is 18.0. The molecule has 31 heavy (non-hydrogen) atoms. The predicted octanol–water partition coefficient (Wildman–Crippen LogP) is 5.04. The van der Waals surface area contributed by atoms with E-state index < -0.39 is 5.92 Å². The number of thioether (sulfide) groups is 1. The predicted molar refractivity (Wildman–Crippen MR) is 126 cm³/mol. The van der Waals surface area contributed by atoms with Crippen molar-refractivity contribution in [1.29, 1.82) is 0 Å². The van der Waals surface area contributed by atoms with E-state index in [0.29, 0.717) is 18.7 Å². The minimum absolute atomic E-state index is 0.0699. The number of fused-ring (bicyclic) bond motifs is 1. The van der Waals surface area contributed by atoms with Crippen LogP contribution in [0.4, 0.5) is 5.69 Å². The summed E-state index contributed by atoms with van der Waals surface area (Å²) < 4.78 is 5.27. The maximum Gasteiger partial charge on any atom is 0.254 e. The fourth-order valence-corrected chi connectivity index (χ4v) is 5.34. The van der Waals surface area contributed by atoms with Gasteiger partial charge in [-0.3, -0.25) is 9.59 Å². The third kappa shape index (κ3) is 4.39. The summed E-state index contributed by atoms with van der Waals surface area (Å²) in [6.45, 7) is 0.817. The summed E-state index contributed by atoms with van der Waals surface area (Å²) >= 11 is 3.18. The molecule has 3 aromatic rings. The minimum Gasteiger partial charge on any atom is -0.383 e.